The van der Waals surface area contributed by atoms with E-state index >= 15 is 0 Å². The maximum atomic E-state index is 12.7. The molecule has 0 aliphatic carbocycles. The van der Waals surface area contributed by atoms with Crippen LogP contribution in [0.15, 0.2) is 24.3 Å². The second-order valence-corrected chi connectivity index (χ2v) is 3.68. The molecule has 1 heterocycles. The number of rotatable bonds is 2. The number of carbonyl (C=O) groups excluding carboxylic acids is 1. The van der Waals surface area contributed by atoms with Gasteiger partial charge < -0.3 is 0 Å². The van der Waals surface area contributed by atoms with Crippen molar-refractivity contribution in [2.24, 2.45) is 0 Å². The Kier molecular flexibility index (Phi) is 2.94. The Morgan fingerprint density at radius 3 is 2.44 bits per heavy atom. The van der Waals surface area contributed by atoms with Gasteiger partial charge in [-0.1, -0.05) is 11.6 Å². The van der Waals surface area contributed by atoms with Gasteiger partial charge in [-0.3, -0.25) is 9.36 Å². The van der Waals surface area contributed by atoms with Crippen molar-refractivity contribution in [3.8, 4) is 5.69 Å². The molecular weight excluding hydrogens is 254 g/mol. The van der Waals surface area contributed by atoms with Crippen LogP contribution >= 0.6 is 23.2 Å². The molecule has 2 rings (SSSR count). The van der Waals surface area contributed by atoms with Gasteiger partial charge in [0.25, 0.3) is 0 Å². The number of nitrogens with zero attached hydrogens (tertiary/aromatic N) is 2. The average molecular weight is 259 g/mol. The fraction of sp³-hybridized carbons (Fsp3) is 0. The lowest BCUT2D eigenvalue weighted by atomic mass is 10.3. The van der Waals surface area contributed by atoms with E-state index in [0.29, 0.717) is 12.0 Å². The summed E-state index contributed by atoms with van der Waals surface area (Å²) in [5.41, 5.74) is 0.658. The molecule has 6 heteroatoms. The molecule has 0 spiro atoms. The van der Waals surface area contributed by atoms with Gasteiger partial charge in [-0.05, 0) is 35.9 Å². The number of imidazole rings is 1. The van der Waals surface area contributed by atoms with E-state index in [0.717, 1.165) is 0 Å². The van der Waals surface area contributed by atoms with E-state index in [-0.39, 0.29) is 21.9 Å². The lowest BCUT2D eigenvalue weighted by Crippen LogP contribution is -1.99. The van der Waals surface area contributed by atoms with Gasteiger partial charge in [0.2, 0.25) is 5.28 Å². The second kappa shape index (κ2) is 4.23. The zero-order valence-corrected chi connectivity index (χ0v) is 9.34. The Bertz CT molecular complexity index is 536. The topological polar surface area (TPSA) is 34.9 Å². The molecule has 82 valence electrons. The Balaban J connectivity index is 2.63. The molecule has 0 saturated carbocycles. The summed E-state index contributed by atoms with van der Waals surface area (Å²) >= 11 is 11.5. The van der Waals surface area contributed by atoms with Gasteiger partial charge in [0, 0.05) is 5.69 Å². The summed E-state index contributed by atoms with van der Waals surface area (Å²) < 4.78 is 14.1. The fourth-order valence-electron chi connectivity index (χ4n) is 1.32. The quantitative estimate of drug-likeness (QED) is 0.776. The van der Waals surface area contributed by atoms with Crippen molar-refractivity contribution in [1.82, 2.24) is 9.55 Å². The van der Waals surface area contributed by atoms with Gasteiger partial charge in [-0.15, -0.1) is 0 Å². The van der Waals surface area contributed by atoms with Crippen LogP contribution < -0.4 is 0 Å². The average Bonchev–Trinajstić information content (AvgIpc) is 2.54. The van der Waals surface area contributed by atoms with Crippen molar-refractivity contribution in [2.75, 3.05) is 0 Å². The van der Waals surface area contributed by atoms with E-state index in [2.05, 4.69) is 4.98 Å². The third kappa shape index (κ3) is 1.81. The largest absolute Gasteiger partial charge is 0.296 e. The van der Waals surface area contributed by atoms with Crippen LogP contribution in [0.1, 0.15) is 10.5 Å². The van der Waals surface area contributed by atoms with Crippen LogP contribution in [0.25, 0.3) is 5.69 Å². The normalized spacial score (nSPS) is 10.4. The zero-order valence-electron chi connectivity index (χ0n) is 7.82. The van der Waals surface area contributed by atoms with Gasteiger partial charge in [-0.2, -0.15) is 0 Å². The zero-order chi connectivity index (χ0) is 11.7. The lowest BCUT2D eigenvalue weighted by molar-refractivity contribution is 0.111. The molecule has 0 saturated heterocycles. The summed E-state index contributed by atoms with van der Waals surface area (Å²) in [7, 11) is 0. The smallest absolute Gasteiger partial charge is 0.209 e. The number of carbonyl (C=O) groups is 1. The summed E-state index contributed by atoms with van der Waals surface area (Å²) in [6, 6.07) is 5.47. The lowest BCUT2D eigenvalue weighted by Gasteiger charge is -2.05. The van der Waals surface area contributed by atoms with E-state index in [1.807, 2.05) is 0 Å². The predicted molar refractivity (Wildman–Crippen MR) is 58.9 cm³/mol. The van der Waals surface area contributed by atoms with Crippen molar-refractivity contribution < 1.29 is 9.18 Å². The van der Waals surface area contributed by atoms with Crippen molar-refractivity contribution in [3.05, 3.63) is 46.2 Å². The maximum Gasteiger partial charge on any atom is 0.209 e. The Labute approximate surface area is 100 Å². The first-order valence-electron chi connectivity index (χ1n) is 4.28. The number of aromatic nitrogens is 2. The molecule has 0 atom stereocenters. The maximum absolute atomic E-state index is 12.7. The third-order valence-corrected chi connectivity index (χ3v) is 2.56. The molecule has 0 radical (unpaired) electrons. The molecule has 16 heavy (non-hydrogen) atoms. The number of hydrogen-bond donors (Lipinski definition) is 0. The molecule has 0 aliphatic heterocycles. The minimum Gasteiger partial charge on any atom is -0.296 e. The molecule has 0 N–H and O–H groups in total. The van der Waals surface area contributed by atoms with E-state index < -0.39 is 0 Å². The minimum absolute atomic E-state index is 0.0179. The first-order valence-corrected chi connectivity index (χ1v) is 5.04. The highest BCUT2D eigenvalue weighted by Crippen LogP contribution is 2.24. The Morgan fingerprint density at radius 1 is 1.25 bits per heavy atom. The van der Waals surface area contributed by atoms with Gasteiger partial charge in [0.05, 0.1) is 0 Å². The van der Waals surface area contributed by atoms with Gasteiger partial charge in [0.15, 0.2) is 11.4 Å². The first-order chi connectivity index (χ1) is 7.63. The summed E-state index contributed by atoms with van der Waals surface area (Å²) in [6.07, 6.45) is 0.546. The molecule has 0 amide bonds. The van der Waals surface area contributed by atoms with Gasteiger partial charge in [-0.25, -0.2) is 9.37 Å². The van der Waals surface area contributed by atoms with Crippen molar-refractivity contribution in [1.29, 1.82) is 0 Å². The van der Waals surface area contributed by atoms with E-state index in [1.165, 1.54) is 28.8 Å². The first kappa shape index (κ1) is 11.1. The Morgan fingerprint density at radius 2 is 1.88 bits per heavy atom. The number of benzene rings is 1. The molecule has 1 aromatic carbocycles. The summed E-state index contributed by atoms with van der Waals surface area (Å²) in [5, 5.41) is 0.0723. The van der Waals surface area contributed by atoms with Crippen LogP contribution in [-0.2, 0) is 0 Å². The van der Waals surface area contributed by atoms with Crippen molar-refractivity contribution in [2.45, 2.75) is 0 Å². The molecule has 0 unspecified atom stereocenters. The molecule has 0 aliphatic rings. The van der Waals surface area contributed by atoms with E-state index in [4.69, 9.17) is 23.2 Å². The van der Waals surface area contributed by atoms with Crippen LogP contribution in [0, 0.1) is 5.82 Å². The van der Waals surface area contributed by atoms with E-state index in [1.54, 1.807) is 0 Å². The molecule has 3 nitrogen and oxygen atoms in total. The standard InChI is InChI=1S/C10H5Cl2FN2O/c11-9-8(5-16)15(10(12)14-9)7-3-1-6(13)2-4-7/h1-5H. The van der Waals surface area contributed by atoms with Gasteiger partial charge in [0.1, 0.15) is 11.5 Å². The number of halogens is 3. The number of hydrogen-bond acceptors (Lipinski definition) is 2. The monoisotopic (exact) mass is 258 g/mol. The minimum atomic E-state index is -0.376. The predicted octanol–water partition coefficient (Wildman–Crippen LogP) is 3.13. The summed E-state index contributed by atoms with van der Waals surface area (Å²) in [6.45, 7) is 0. The Hall–Kier alpha value is -1.39. The summed E-state index contributed by atoms with van der Waals surface area (Å²) in [5.74, 6) is -0.376. The summed E-state index contributed by atoms with van der Waals surface area (Å²) in [4.78, 5) is 14.6. The van der Waals surface area contributed by atoms with Crippen LogP contribution in [0.5, 0.6) is 0 Å². The molecular formula is C10H5Cl2FN2O. The van der Waals surface area contributed by atoms with Gasteiger partial charge >= 0.3 is 0 Å². The van der Waals surface area contributed by atoms with Crippen LogP contribution in [0.2, 0.25) is 10.4 Å². The molecule has 1 aromatic heterocycles. The van der Waals surface area contributed by atoms with Crippen LogP contribution in [0.4, 0.5) is 4.39 Å². The van der Waals surface area contributed by atoms with Crippen molar-refractivity contribution in [3.63, 3.8) is 0 Å². The van der Waals surface area contributed by atoms with Crippen molar-refractivity contribution >= 4 is 29.5 Å². The molecule has 0 bridgehead atoms. The highest BCUT2D eigenvalue weighted by Gasteiger charge is 2.15. The fourth-order valence-corrected chi connectivity index (χ4v) is 1.84. The van der Waals surface area contributed by atoms with E-state index in [9.17, 15) is 9.18 Å². The SMILES string of the molecule is O=Cc1c(Cl)nc(Cl)n1-c1ccc(F)cc1. The number of aldehydes is 1. The highest BCUT2D eigenvalue weighted by molar-refractivity contribution is 6.34. The van der Waals surface area contributed by atoms with Crippen LogP contribution in [-0.4, -0.2) is 15.8 Å². The molecule has 0 fully saturated rings. The highest BCUT2D eigenvalue weighted by atomic mass is 35.5. The third-order valence-electron chi connectivity index (χ3n) is 2.02. The molecule has 2 aromatic rings. The second-order valence-electron chi connectivity index (χ2n) is 2.99. The van der Waals surface area contributed by atoms with Crippen LogP contribution in [0.3, 0.4) is 0 Å².